The molecular formula is C37H40N4O6. The molecule has 3 aromatic carbocycles. The van der Waals surface area contributed by atoms with Crippen molar-refractivity contribution in [3.63, 3.8) is 0 Å². The summed E-state index contributed by atoms with van der Waals surface area (Å²) in [6, 6.07) is 23.0. The molecule has 0 radical (unpaired) electrons. The summed E-state index contributed by atoms with van der Waals surface area (Å²) >= 11 is 0. The zero-order chi connectivity index (χ0) is 33.6. The minimum absolute atomic E-state index is 0.0868. The van der Waals surface area contributed by atoms with Crippen LogP contribution >= 0.6 is 0 Å². The van der Waals surface area contributed by atoms with Crippen LogP contribution in [-0.4, -0.2) is 37.9 Å². The highest BCUT2D eigenvalue weighted by Gasteiger charge is 2.23. The van der Waals surface area contributed by atoms with Crippen LogP contribution in [-0.2, 0) is 28.8 Å². The summed E-state index contributed by atoms with van der Waals surface area (Å²) in [5.74, 6) is 0.690. The van der Waals surface area contributed by atoms with E-state index in [2.05, 4.69) is 17.1 Å². The average molecular weight is 637 g/mol. The molecule has 0 amide bonds. The highest BCUT2D eigenvalue weighted by atomic mass is 16.6. The number of carbonyl (C=O) groups is 1. The van der Waals surface area contributed by atoms with E-state index >= 15 is 0 Å². The second-order valence-electron chi connectivity index (χ2n) is 12.0. The van der Waals surface area contributed by atoms with Gasteiger partial charge < -0.3 is 9.47 Å². The summed E-state index contributed by atoms with van der Waals surface area (Å²) in [5.41, 5.74) is 4.96. The maximum absolute atomic E-state index is 14.3. The lowest BCUT2D eigenvalue weighted by Gasteiger charge is -2.26. The number of ether oxygens (including phenoxy) is 2. The molecule has 244 valence electrons. The topological polar surface area (TPSA) is 129 Å². The Hall–Kier alpha value is -5.25. The predicted octanol–water partition coefficient (Wildman–Crippen LogP) is 6.46. The van der Waals surface area contributed by atoms with Crippen molar-refractivity contribution in [3.8, 4) is 34.0 Å². The van der Waals surface area contributed by atoms with E-state index in [1.165, 1.54) is 6.92 Å². The van der Waals surface area contributed by atoms with Gasteiger partial charge in [0.25, 0.3) is 5.56 Å². The number of carbonyl (C=O) groups excluding carboxylic acids is 1. The Morgan fingerprint density at radius 3 is 2.28 bits per heavy atom. The summed E-state index contributed by atoms with van der Waals surface area (Å²) in [6.45, 7) is 9.31. The minimum Gasteiger partial charge on any atom is -0.484 e. The van der Waals surface area contributed by atoms with E-state index in [1.807, 2.05) is 93.6 Å². The number of esters is 1. The smallest absolute Gasteiger partial charge is 0.439 e. The van der Waals surface area contributed by atoms with Gasteiger partial charge in [-0.25, -0.2) is 9.78 Å². The van der Waals surface area contributed by atoms with Gasteiger partial charge in [-0.3, -0.25) is 23.7 Å². The molecule has 5 aromatic rings. The molecule has 0 aliphatic rings. The van der Waals surface area contributed by atoms with Crippen LogP contribution in [0, 0.1) is 0 Å². The number of aromatic nitrogens is 4. The first kappa shape index (κ1) is 33.1. The molecule has 10 heteroatoms. The Morgan fingerprint density at radius 2 is 1.66 bits per heavy atom. The largest absolute Gasteiger partial charge is 0.484 e. The van der Waals surface area contributed by atoms with Crippen LogP contribution in [0.1, 0.15) is 70.1 Å². The highest BCUT2D eigenvalue weighted by molar-refractivity contribution is 5.80. The van der Waals surface area contributed by atoms with Crippen molar-refractivity contribution < 1.29 is 18.8 Å². The second-order valence-corrected chi connectivity index (χ2v) is 12.0. The Bertz CT molecular complexity index is 1950. The molecule has 0 fully saturated rings. The van der Waals surface area contributed by atoms with Gasteiger partial charge >= 0.3 is 11.7 Å². The maximum Gasteiger partial charge on any atom is 0.439 e. The third kappa shape index (κ3) is 7.95. The third-order valence-corrected chi connectivity index (χ3v) is 7.80. The molecule has 0 aliphatic carbocycles. The fourth-order valence-corrected chi connectivity index (χ4v) is 5.46. The molecule has 0 saturated heterocycles. The zero-order valence-corrected chi connectivity index (χ0v) is 27.5. The zero-order valence-electron chi connectivity index (χ0n) is 27.5. The quantitative estimate of drug-likeness (QED) is 0.146. The fraction of sp³-hybridized carbons (Fsp3) is 0.324. The molecule has 0 atom stereocenters. The van der Waals surface area contributed by atoms with Gasteiger partial charge in [0.05, 0.1) is 11.4 Å². The lowest BCUT2D eigenvalue weighted by Crippen LogP contribution is -2.34. The van der Waals surface area contributed by atoms with E-state index in [-0.39, 0.29) is 18.1 Å². The Labute approximate surface area is 273 Å². The van der Waals surface area contributed by atoms with Crippen molar-refractivity contribution in [3.05, 3.63) is 116 Å². The Morgan fingerprint density at radius 1 is 0.957 bits per heavy atom. The average Bonchev–Trinajstić information content (AvgIpc) is 3.50. The Kier molecular flexibility index (Phi) is 10.2. The van der Waals surface area contributed by atoms with Gasteiger partial charge in [-0.05, 0) is 67.6 Å². The van der Waals surface area contributed by atoms with Crippen LogP contribution in [0.5, 0.6) is 5.75 Å². The van der Waals surface area contributed by atoms with Gasteiger partial charge in [0.1, 0.15) is 23.8 Å². The van der Waals surface area contributed by atoms with Crippen LogP contribution in [0.2, 0.25) is 0 Å². The number of rotatable bonds is 13. The van der Waals surface area contributed by atoms with Crippen molar-refractivity contribution in [2.24, 2.45) is 0 Å². The van der Waals surface area contributed by atoms with Crippen LogP contribution < -0.4 is 16.1 Å². The SMILES string of the molecule is CCCCc1nc(CC)n(-c2ccc(OC(C)(C)COC(C)=O)cc2)c(=O)c1Cc1ccc(-c2ccccc2-c2noc(=O)[nH]2)cc1. The number of aromatic amines is 1. The molecule has 2 aromatic heterocycles. The number of hydrogen-bond acceptors (Lipinski definition) is 8. The monoisotopic (exact) mass is 636 g/mol. The van der Waals surface area contributed by atoms with Crippen LogP contribution in [0.15, 0.2) is 86.9 Å². The van der Waals surface area contributed by atoms with Gasteiger partial charge in [0.15, 0.2) is 5.82 Å². The van der Waals surface area contributed by atoms with Crippen molar-refractivity contribution >= 4 is 5.97 Å². The normalized spacial score (nSPS) is 11.4. The van der Waals surface area contributed by atoms with Gasteiger partial charge in [-0.15, -0.1) is 0 Å². The van der Waals surface area contributed by atoms with Crippen LogP contribution in [0.4, 0.5) is 0 Å². The number of H-pyrrole nitrogens is 1. The van der Waals surface area contributed by atoms with Crippen molar-refractivity contribution in [2.75, 3.05) is 6.61 Å². The van der Waals surface area contributed by atoms with E-state index in [9.17, 15) is 14.4 Å². The van der Waals surface area contributed by atoms with Crippen LogP contribution in [0.3, 0.4) is 0 Å². The molecule has 0 bridgehead atoms. The number of benzene rings is 3. The van der Waals surface area contributed by atoms with Crippen molar-refractivity contribution in [1.82, 2.24) is 19.7 Å². The third-order valence-electron chi connectivity index (χ3n) is 7.80. The number of nitrogens with zero attached hydrogens (tertiary/aromatic N) is 3. The maximum atomic E-state index is 14.3. The van der Waals surface area contributed by atoms with Gasteiger partial charge in [0.2, 0.25) is 0 Å². The molecule has 1 N–H and O–H groups in total. The molecular weight excluding hydrogens is 596 g/mol. The molecule has 47 heavy (non-hydrogen) atoms. The highest BCUT2D eigenvalue weighted by Crippen LogP contribution is 2.30. The Balaban J connectivity index is 1.46. The van der Waals surface area contributed by atoms with E-state index < -0.39 is 11.4 Å². The summed E-state index contributed by atoms with van der Waals surface area (Å²) in [7, 11) is 0. The first-order valence-corrected chi connectivity index (χ1v) is 15.9. The number of nitrogens with one attached hydrogen (secondary N) is 1. The van der Waals surface area contributed by atoms with Crippen molar-refractivity contribution in [1.29, 1.82) is 0 Å². The lowest BCUT2D eigenvalue weighted by molar-refractivity contribution is -0.146. The second kappa shape index (κ2) is 14.5. The van der Waals surface area contributed by atoms with Gasteiger partial charge in [-0.2, -0.15) is 0 Å². The molecule has 0 saturated carbocycles. The number of hydrogen-bond donors (Lipinski definition) is 1. The molecule has 5 rings (SSSR count). The molecule has 2 heterocycles. The molecule has 0 aliphatic heterocycles. The van der Waals surface area contributed by atoms with Gasteiger partial charge in [0, 0.05) is 30.9 Å². The summed E-state index contributed by atoms with van der Waals surface area (Å²) in [5, 5.41) is 3.86. The summed E-state index contributed by atoms with van der Waals surface area (Å²) < 4.78 is 17.6. The molecule has 0 spiro atoms. The standard InChI is InChI=1S/C37H40N4O6/c1-6-8-13-32-31(22-25-14-16-26(17-15-25)29-11-9-10-12-30(29)34-39-36(44)47-40-34)35(43)41(33(7-2)38-32)27-18-20-28(21-19-27)46-37(4,5)23-45-24(3)42/h9-12,14-21H,6-8,13,22-23H2,1-5H3,(H,39,40,44). The first-order chi connectivity index (χ1) is 22.6. The number of aryl methyl sites for hydroxylation is 2. The molecule has 0 unspecified atom stereocenters. The predicted molar refractivity (Wildman–Crippen MR) is 180 cm³/mol. The van der Waals surface area contributed by atoms with Gasteiger partial charge in [-0.1, -0.05) is 74.0 Å². The lowest BCUT2D eigenvalue weighted by atomic mass is 9.96. The van der Waals surface area contributed by atoms with E-state index in [0.29, 0.717) is 41.5 Å². The fourth-order valence-electron chi connectivity index (χ4n) is 5.46. The van der Waals surface area contributed by atoms with Crippen LogP contribution in [0.25, 0.3) is 28.2 Å². The number of unbranched alkanes of at least 4 members (excludes halogenated alkanes) is 1. The summed E-state index contributed by atoms with van der Waals surface area (Å²) in [4.78, 5) is 44.8. The van der Waals surface area contributed by atoms with E-state index in [4.69, 9.17) is 19.0 Å². The van der Waals surface area contributed by atoms with E-state index in [0.717, 1.165) is 47.2 Å². The minimum atomic E-state index is -0.721. The first-order valence-electron chi connectivity index (χ1n) is 15.9. The summed E-state index contributed by atoms with van der Waals surface area (Å²) in [6.07, 6.45) is 3.67. The van der Waals surface area contributed by atoms with E-state index in [1.54, 1.807) is 4.57 Å². The molecule has 10 nitrogen and oxygen atoms in total. The van der Waals surface area contributed by atoms with Crippen molar-refractivity contribution in [2.45, 2.75) is 72.3 Å².